The van der Waals surface area contributed by atoms with Gasteiger partial charge in [0.25, 0.3) is 20.4 Å². The summed E-state index contributed by atoms with van der Waals surface area (Å²) in [5.74, 6) is 0.151. The predicted octanol–water partition coefficient (Wildman–Crippen LogP) is 0.243. The third-order valence-electron chi connectivity index (χ3n) is 1.21. The third-order valence-corrected chi connectivity index (χ3v) is 1.74. The van der Waals surface area contributed by atoms with Gasteiger partial charge in [-0.15, -0.1) is 0 Å². The molecule has 1 aliphatic rings. The van der Waals surface area contributed by atoms with Crippen LogP contribution in [0.5, 0.6) is 0 Å². The van der Waals surface area contributed by atoms with Gasteiger partial charge in [-0.05, 0) is 0 Å². The Morgan fingerprint density at radius 3 is 2.06 bits per heavy atom. The van der Waals surface area contributed by atoms with Crippen molar-refractivity contribution in [2.45, 2.75) is 6.42 Å². The van der Waals surface area contributed by atoms with Gasteiger partial charge in [0, 0.05) is 0 Å². The summed E-state index contributed by atoms with van der Waals surface area (Å²) in [7, 11) is 0. The summed E-state index contributed by atoms with van der Waals surface area (Å²) in [4.78, 5) is 33.2. The number of carbonyl (C=O) groups is 1. The van der Waals surface area contributed by atoms with E-state index in [0.29, 0.717) is 5.76 Å². The number of esters is 1. The van der Waals surface area contributed by atoms with Crippen LogP contribution < -0.4 is 0 Å². The van der Waals surface area contributed by atoms with E-state index in [1.807, 2.05) is 6.08 Å². The van der Waals surface area contributed by atoms with Crippen molar-refractivity contribution in [2.75, 3.05) is 0 Å². The summed E-state index contributed by atoms with van der Waals surface area (Å²) >= 11 is 3.27. The van der Waals surface area contributed by atoms with Gasteiger partial charge in [0.15, 0.2) is 0 Å². The molecule has 0 heterocycles. The summed E-state index contributed by atoms with van der Waals surface area (Å²) in [5.41, 5.74) is 0. The second kappa shape index (κ2) is 16.6. The molecule has 1 rings (SSSR count). The van der Waals surface area contributed by atoms with Gasteiger partial charge in [0.1, 0.15) is 0 Å². The first-order chi connectivity index (χ1) is 8.24. The molecule has 0 saturated carbocycles. The van der Waals surface area contributed by atoms with Crippen molar-refractivity contribution in [3.8, 4) is 0 Å². The molecule has 6 radical (unpaired) electrons. The van der Waals surface area contributed by atoms with E-state index in [-0.39, 0.29) is 0 Å². The van der Waals surface area contributed by atoms with Crippen LogP contribution in [0, 0.1) is 0 Å². The van der Waals surface area contributed by atoms with Crippen molar-refractivity contribution in [1.29, 1.82) is 0 Å². The van der Waals surface area contributed by atoms with Gasteiger partial charge in [-0.3, -0.25) is 14.4 Å². The van der Waals surface area contributed by atoms with E-state index in [0.717, 1.165) is 17.0 Å². The van der Waals surface area contributed by atoms with Crippen LogP contribution in [0.3, 0.4) is 0 Å². The zero-order valence-electron chi connectivity index (χ0n) is 8.57. The predicted molar refractivity (Wildman–Crippen MR) is 54.2 cm³/mol. The largest absolute Gasteiger partial charge is 0.281 e. The first kappa shape index (κ1) is 20.6. The van der Waals surface area contributed by atoms with Crippen molar-refractivity contribution < 1.29 is 39.9 Å². The smallest absolute Gasteiger partial charge is 0.281 e. The molecular weight excluding hydrogens is 267 g/mol. The number of allylic oxidation sites excluding steroid dienone is 3. The minimum absolute atomic E-state index is 0.427. The van der Waals surface area contributed by atoms with Crippen LogP contribution in [-0.2, 0) is 39.9 Å². The molecule has 0 fully saturated rings. The molecule has 0 atom stereocenters. The van der Waals surface area contributed by atoms with Crippen LogP contribution in [0.1, 0.15) is 6.42 Å². The number of hydrogen-bond acceptors (Lipinski definition) is 5. The minimum atomic E-state index is -0.427. The Morgan fingerprint density at radius 2 is 1.76 bits per heavy atom. The monoisotopic (exact) mass is 274 g/mol. The van der Waals surface area contributed by atoms with Crippen LogP contribution in [0.15, 0.2) is 35.0 Å². The maximum absolute atomic E-state index is 10.7. The molecule has 0 aliphatic heterocycles. The van der Waals surface area contributed by atoms with Crippen LogP contribution in [0.25, 0.3) is 0 Å². The van der Waals surface area contributed by atoms with Crippen molar-refractivity contribution in [1.82, 2.24) is 0 Å². The van der Waals surface area contributed by atoms with E-state index in [9.17, 15) is 4.79 Å². The third kappa shape index (κ3) is 10.5. The van der Waals surface area contributed by atoms with Crippen molar-refractivity contribution in [3.05, 3.63) is 35.0 Å². The van der Waals surface area contributed by atoms with E-state index in [1.165, 1.54) is 0 Å². The van der Waals surface area contributed by atoms with Crippen LogP contribution >= 0.6 is 0 Å². The average Bonchev–Trinajstić information content (AvgIpc) is 2.82. The molecule has 1 aliphatic carbocycles. The van der Waals surface area contributed by atoms with E-state index in [2.05, 4.69) is 43.0 Å². The molecule has 0 aromatic carbocycles. The molecule has 0 aromatic heterocycles. The van der Waals surface area contributed by atoms with E-state index in [1.54, 1.807) is 6.08 Å². The van der Waals surface area contributed by atoms with E-state index in [4.69, 9.17) is 19.1 Å². The molecule has 88 valence electrons. The van der Waals surface area contributed by atoms with Gasteiger partial charge in [-0.2, -0.15) is 0 Å². The van der Waals surface area contributed by atoms with Gasteiger partial charge in [-0.1, -0.05) is 0 Å². The van der Waals surface area contributed by atoms with Crippen LogP contribution in [-0.4, -0.2) is 26.3 Å². The van der Waals surface area contributed by atoms with Gasteiger partial charge in [-0.25, -0.2) is 0 Å². The molecular formula is C11H7MnO5. The van der Waals surface area contributed by atoms with E-state index < -0.39 is 5.97 Å². The normalized spacial score (nSPS) is 10.6. The summed E-state index contributed by atoms with van der Waals surface area (Å²) in [5, 5.41) is 0. The first-order valence-electron chi connectivity index (χ1n) is 3.74. The van der Waals surface area contributed by atoms with Gasteiger partial charge in [0.2, 0.25) is 0 Å². The van der Waals surface area contributed by atoms with Crippen molar-refractivity contribution in [3.63, 3.8) is 0 Å². The Hall–Kier alpha value is -1.78. The molecule has 0 saturated heterocycles. The van der Waals surface area contributed by atoms with E-state index >= 15 is 0 Å². The van der Waals surface area contributed by atoms with Gasteiger partial charge in [0.05, 0.1) is 0 Å². The van der Waals surface area contributed by atoms with Crippen LogP contribution in [0.4, 0.5) is 0 Å². The fourth-order valence-corrected chi connectivity index (χ4v) is 0.998. The molecule has 0 bridgehead atoms. The summed E-state index contributed by atoms with van der Waals surface area (Å²) in [6, 6.07) is 0. The molecule has 0 N–H and O–H groups in total. The Bertz CT molecular complexity index is 291. The summed E-state index contributed by atoms with van der Waals surface area (Å²) in [6.07, 6.45) is 5.60. The summed E-state index contributed by atoms with van der Waals surface area (Å²) in [6.45, 7) is 16.8. The van der Waals surface area contributed by atoms with Crippen molar-refractivity contribution >= 4 is 26.3 Å². The topological polar surface area (TPSA) is 77.5 Å². The van der Waals surface area contributed by atoms with Crippen molar-refractivity contribution in [2.24, 2.45) is 0 Å². The zero-order chi connectivity index (χ0) is 14.3. The standard InChI is InChI=1S/C8H7O2.3CO.Mn/c1-2-8(9)10-7-5-3-4-6-7;3*1-2;/h2-3,5H,1,4H2;;;;. The second-order valence-electron chi connectivity index (χ2n) is 2.00. The van der Waals surface area contributed by atoms with Gasteiger partial charge >= 0.3 is 73.0 Å². The SMILES string of the molecule is C=CC(=O)OC1=[C]([Mn])CC=C1.[C]=O.[C]=O.[C]=O. The number of rotatable bonds is 2. The second-order valence-corrected chi connectivity index (χ2v) is 2.71. The number of ether oxygens (including phenoxy) is 1. The Labute approximate surface area is 108 Å². The quantitative estimate of drug-likeness (QED) is 0.409. The fourth-order valence-electron chi connectivity index (χ4n) is 0.700. The first-order valence-corrected chi connectivity index (χ1v) is 4.33. The molecule has 17 heavy (non-hydrogen) atoms. The molecule has 0 spiro atoms. The molecule has 0 unspecified atom stereocenters. The Kier molecular flexibility index (Phi) is 20.2. The average molecular weight is 274 g/mol. The maximum atomic E-state index is 10.7. The molecule has 6 heteroatoms. The molecule has 5 nitrogen and oxygen atoms in total. The fraction of sp³-hybridized carbons (Fsp3) is 0.0909. The summed E-state index contributed by atoms with van der Waals surface area (Å²) < 4.78 is 5.76. The Balaban J connectivity index is -0.000000285. The van der Waals surface area contributed by atoms with Gasteiger partial charge < -0.3 is 0 Å². The molecule has 0 amide bonds. The maximum Gasteiger partial charge on any atom is 0.281 e. The van der Waals surface area contributed by atoms with Crippen LogP contribution in [0.2, 0.25) is 0 Å². The number of hydrogen-bond donors (Lipinski definition) is 0. The molecule has 0 aromatic rings. The number of carbonyl (C=O) groups excluding carboxylic acids is 4. The Morgan fingerprint density at radius 1 is 1.29 bits per heavy atom. The zero-order valence-corrected chi connectivity index (χ0v) is 9.75. The minimum Gasteiger partial charge on any atom is -0.281 e.